The molecule has 1 aromatic carbocycles. The number of pyridine rings is 1. The highest BCUT2D eigenvalue weighted by Gasteiger charge is 2.41. The molecular weight excluding hydrogens is 412 g/mol. The molecular formula is C24H27ClN4S. The average Bonchev–Trinajstić information content (AvgIpc) is 3.21. The molecule has 0 aliphatic carbocycles. The van der Waals surface area contributed by atoms with E-state index in [-0.39, 0.29) is 12.1 Å². The molecule has 1 fully saturated rings. The van der Waals surface area contributed by atoms with Gasteiger partial charge in [-0.25, -0.2) is 0 Å². The Bertz CT molecular complexity index is 1080. The smallest absolute Gasteiger partial charge is 0.170 e. The van der Waals surface area contributed by atoms with Crippen LogP contribution in [0.1, 0.15) is 53.6 Å². The number of halogens is 1. The molecule has 156 valence electrons. The van der Waals surface area contributed by atoms with Crippen molar-refractivity contribution in [2.24, 2.45) is 0 Å². The van der Waals surface area contributed by atoms with Gasteiger partial charge in [-0.05, 0) is 80.9 Å². The quantitative estimate of drug-likeness (QED) is 0.508. The Morgan fingerprint density at radius 3 is 2.63 bits per heavy atom. The molecule has 1 aliphatic rings. The Labute approximate surface area is 188 Å². The summed E-state index contributed by atoms with van der Waals surface area (Å²) >= 11 is 12.1. The maximum atomic E-state index is 6.34. The van der Waals surface area contributed by atoms with Crippen molar-refractivity contribution >= 4 is 28.9 Å². The molecule has 6 heteroatoms. The van der Waals surface area contributed by atoms with Crippen LogP contribution in [0.3, 0.4) is 0 Å². The summed E-state index contributed by atoms with van der Waals surface area (Å²) in [5.74, 6) is 0. The molecule has 0 unspecified atom stereocenters. The van der Waals surface area contributed by atoms with E-state index in [1.807, 2.05) is 30.5 Å². The molecule has 0 bridgehead atoms. The SMILES string of the molecule is CCCN1C(=S)N[C@@H](c2ccccn2)[C@@H]1c1cc(C)n(-c2cc(Cl)ccc2C)c1C. The van der Waals surface area contributed by atoms with Gasteiger partial charge in [0.05, 0.1) is 17.8 Å². The van der Waals surface area contributed by atoms with Crippen molar-refractivity contribution < 1.29 is 0 Å². The van der Waals surface area contributed by atoms with Gasteiger partial charge in [0.2, 0.25) is 0 Å². The summed E-state index contributed by atoms with van der Waals surface area (Å²) in [6.45, 7) is 9.55. The number of aryl methyl sites for hydroxylation is 2. The molecule has 0 radical (unpaired) electrons. The largest absolute Gasteiger partial charge is 0.352 e. The molecule has 4 rings (SSSR count). The fraction of sp³-hybridized carbons (Fsp3) is 0.333. The fourth-order valence-electron chi connectivity index (χ4n) is 4.51. The fourth-order valence-corrected chi connectivity index (χ4v) is 5.01. The monoisotopic (exact) mass is 438 g/mol. The standard InChI is InChI=1S/C24H27ClN4S/c1-5-12-28-23(22(27-24(28)30)20-8-6-7-11-26-20)19-13-16(3)29(17(19)4)21-14-18(25)10-9-15(21)2/h6-11,13-14,22-23H,5,12H2,1-4H3,(H,27,30)/t22-,23-/m0/s1. The number of benzene rings is 1. The Hall–Kier alpha value is -2.37. The number of hydrogen-bond donors (Lipinski definition) is 1. The van der Waals surface area contributed by atoms with E-state index in [1.54, 1.807) is 0 Å². The Morgan fingerprint density at radius 2 is 1.93 bits per heavy atom. The van der Waals surface area contributed by atoms with Crippen LogP contribution < -0.4 is 5.32 Å². The Balaban J connectivity index is 1.86. The van der Waals surface area contributed by atoms with Crippen LogP contribution in [0, 0.1) is 20.8 Å². The van der Waals surface area contributed by atoms with E-state index >= 15 is 0 Å². The molecule has 4 nitrogen and oxygen atoms in total. The topological polar surface area (TPSA) is 33.1 Å². The van der Waals surface area contributed by atoms with Gasteiger partial charge in [-0.15, -0.1) is 0 Å². The van der Waals surface area contributed by atoms with Crippen LogP contribution in [-0.4, -0.2) is 26.1 Å². The highest BCUT2D eigenvalue weighted by atomic mass is 35.5. The van der Waals surface area contributed by atoms with Gasteiger partial charge >= 0.3 is 0 Å². The number of hydrogen-bond acceptors (Lipinski definition) is 2. The second-order valence-corrected chi connectivity index (χ2v) is 8.74. The molecule has 0 amide bonds. The van der Waals surface area contributed by atoms with Crippen LogP contribution >= 0.6 is 23.8 Å². The summed E-state index contributed by atoms with van der Waals surface area (Å²) in [7, 11) is 0. The first-order valence-corrected chi connectivity index (χ1v) is 11.1. The number of nitrogens with one attached hydrogen (secondary N) is 1. The molecule has 1 aliphatic heterocycles. The highest BCUT2D eigenvalue weighted by Crippen LogP contribution is 2.41. The molecule has 3 aromatic rings. The van der Waals surface area contributed by atoms with Crippen molar-refractivity contribution in [2.45, 2.75) is 46.2 Å². The zero-order chi connectivity index (χ0) is 21.4. The molecule has 3 heterocycles. The van der Waals surface area contributed by atoms with Crippen molar-refractivity contribution in [2.75, 3.05) is 6.54 Å². The van der Waals surface area contributed by atoms with Gasteiger partial charge in [-0.1, -0.05) is 30.7 Å². The van der Waals surface area contributed by atoms with E-state index in [4.69, 9.17) is 23.8 Å². The molecule has 1 saturated heterocycles. The first-order chi connectivity index (χ1) is 14.4. The average molecular weight is 439 g/mol. The molecule has 30 heavy (non-hydrogen) atoms. The van der Waals surface area contributed by atoms with Crippen LogP contribution in [0.4, 0.5) is 0 Å². The van der Waals surface area contributed by atoms with Gasteiger partial charge in [0.15, 0.2) is 5.11 Å². The predicted octanol–water partition coefficient (Wildman–Crippen LogP) is 5.83. The summed E-state index contributed by atoms with van der Waals surface area (Å²) in [5.41, 5.74) is 6.97. The van der Waals surface area contributed by atoms with Crippen LogP contribution in [0.15, 0.2) is 48.7 Å². The number of rotatable bonds is 5. The van der Waals surface area contributed by atoms with Crippen LogP contribution in [0.25, 0.3) is 5.69 Å². The Morgan fingerprint density at radius 1 is 1.13 bits per heavy atom. The van der Waals surface area contributed by atoms with Gasteiger partial charge in [-0.3, -0.25) is 4.98 Å². The lowest BCUT2D eigenvalue weighted by Crippen LogP contribution is -2.30. The van der Waals surface area contributed by atoms with E-state index in [1.165, 1.54) is 22.5 Å². The minimum Gasteiger partial charge on any atom is -0.352 e. The summed E-state index contributed by atoms with van der Waals surface area (Å²) in [4.78, 5) is 6.95. The minimum absolute atomic E-state index is 0.0136. The summed E-state index contributed by atoms with van der Waals surface area (Å²) in [6, 6.07) is 14.5. The highest BCUT2D eigenvalue weighted by molar-refractivity contribution is 7.80. The van der Waals surface area contributed by atoms with Crippen LogP contribution in [-0.2, 0) is 0 Å². The Kier molecular flexibility index (Phi) is 5.85. The molecule has 1 N–H and O–H groups in total. The van der Waals surface area contributed by atoms with Crippen molar-refractivity contribution in [3.05, 3.63) is 81.9 Å². The first kappa shape index (κ1) is 20.9. The molecule has 0 spiro atoms. The second kappa shape index (κ2) is 8.40. The van der Waals surface area contributed by atoms with E-state index in [9.17, 15) is 0 Å². The number of thiocarbonyl (C=S) groups is 1. The lowest BCUT2D eigenvalue weighted by Gasteiger charge is -2.28. The van der Waals surface area contributed by atoms with E-state index in [0.29, 0.717) is 0 Å². The maximum absolute atomic E-state index is 6.34. The van der Waals surface area contributed by atoms with Crippen molar-refractivity contribution in [3.8, 4) is 5.69 Å². The van der Waals surface area contributed by atoms with E-state index in [2.05, 4.69) is 65.7 Å². The molecule has 2 atom stereocenters. The zero-order valence-corrected chi connectivity index (χ0v) is 19.4. The predicted molar refractivity (Wildman–Crippen MR) is 127 cm³/mol. The number of nitrogens with zero attached hydrogens (tertiary/aromatic N) is 3. The second-order valence-electron chi connectivity index (χ2n) is 7.91. The molecule has 0 saturated carbocycles. The molecule has 2 aromatic heterocycles. The van der Waals surface area contributed by atoms with Gasteiger partial charge in [-0.2, -0.15) is 0 Å². The lowest BCUT2D eigenvalue weighted by molar-refractivity contribution is 0.316. The normalized spacial score (nSPS) is 18.7. The minimum atomic E-state index is 0.0136. The van der Waals surface area contributed by atoms with Gasteiger partial charge in [0, 0.05) is 34.8 Å². The first-order valence-electron chi connectivity index (χ1n) is 10.4. The van der Waals surface area contributed by atoms with Crippen molar-refractivity contribution in [1.82, 2.24) is 19.8 Å². The third-order valence-corrected chi connectivity index (χ3v) is 6.45. The summed E-state index contributed by atoms with van der Waals surface area (Å²) in [6.07, 6.45) is 2.87. The lowest BCUT2D eigenvalue weighted by atomic mass is 9.96. The van der Waals surface area contributed by atoms with Gasteiger partial charge < -0.3 is 14.8 Å². The van der Waals surface area contributed by atoms with Crippen molar-refractivity contribution in [1.29, 1.82) is 0 Å². The summed E-state index contributed by atoms with van der Waals surface area (Å²) < 4.78 is 2.30. The van der Waals surface area contributed by atoms with Gasteiger partial charge in [0.25, 0.3) is 0 Å². The van der Waals surface area contributed by atoms with Gasteiger partial charge in [0.1, 0.15) is 0 Å². The van der Waals surface area contributed by atoms with Crippen LogP contribution in [0.5, 0.6) is 0 Å². The van der Waals surface area contributed by atoms with Crippen LogP contribution in [0.2, 0.25) is 5.02 Å². The third kappa shape index (κ3) is 3.61. The van der Waals surface area contributed by atoms with E-state index < -0.39 is 0 Å². The number of aromatic nitrogens is 2. The van der Waals surface area contributed by atoms with Crippen molar-refractivity contribution in [3.63, 3.8) is 0 Å². The maximum Gasteiger partial charge on any atom is 0.170 e. The van der Waals surface area contributed by atoms with E-state index in [0.717, 1.165) is 34.5 Å². The zero-order valence-electron chi connectivity index (χ0n) is 17.8. The third-order valence-electron chi connectivity index (χ3n) is 5.86. The summed E-state index contributed by atoms with van der Waals surface area (Å²) in [5, 5.41) is 5.07.